The number of furan rings is 1. The number of rotatable bonds is 3. The summed E-state index contributed by atoms with van der Waals surface area (Å²) in [4.78, 5) is 0. The molecule has 0 atom stereocenters. The summed E-state index contributed by atoms with van der Waals surface area (Å²) in [6.07, 6.45) is 6.19. The number of hydrogen-bond acceptors (Lipinski definition) is 1. The van der Waals surface area contributed by atoms with Crippen molar-refractivity contribution in [2.24, 2.45) is 0 Å². The Balaban J connectivity index is 1.60. The number of benzene rings is 5. The van der Waals surface area contributed by atoms with Gasteiger partial charge in [-0.05, 0) is 75.0 Å². The standard InChI is InChI=1S/C31H22O/c1-3-7-24-20(4-2)12-15-26-25(24)16-13-21-10-11-22(18-28(21)26)23-14-17-31-29(19-23)27-8-5-6-9-30(27)32-31/h3-19H,2H2,1H3/b7-3-. The van der Waals surface area contributed by atoms with Gasteiger partial charge in [-0.2, -0.15) is 0 Å². The van der Waals surface area contributed by atoms with Crippen molar-refractivity contribution in [3.8, 4) is 11.1 Å². The molecule has 0 unspecified atom stereocenters. The Bertz CT molecular complexity index is 1690. The first-order valence-electron chi connectivity index (χ1n) is 10.9. The fraction of sp³-hybridized carbons (Fsp3) is 0.0323. The van der Waals surface area contributed by atoms with Gasteiger partial charge >= 0.3 is 0 Å². The highest BCUT2D eigenvalue weighted by atomic mass is 16.3. The van der Waals surface area contributed by atoms with E-state index in [9.17, 15) is 0 Å². The van der Waals surface area contributed by atoms with Gasteiger partial charge in [-0.1, -0.05) is 85.5 Å². The Morgan fingerprint density at radius 1 is 0.656 bits per heavy atom. The predicted molar refractivity (Wildman–Crippen MR) is 139 cm³/mol. The summed E-state index contributed by atoms with van der Waals surface area (Å²) in [7, 11) is 0. The molecule has 0 bridgehead atoms. The zero-order chi connectivity index (χ0) is 21.7. The molecule has 6 rings (SSSR count). The lowest BCUT2D eigenvalue weighted by atomic mass is 9.92. The van der Waals surface area contributed by atoms with Gasteiger partial charge in [-0.15, -0.1) is 0 Å². The van der Waals surface area contributed by atoms with E-state index in [0.717, 1.165) is 27.5 Å². The van der Waals surface area contributed by atoms with Crippen LogP contribution in [0.3, 0.4) is 0 Å². The summed E-state index contributed by atoms with van der Waals surface area (Å²) in [5, 5.41) is 7.33. The minimum atomic E-state index is 0.925. The monoisotopic (exact) mass is 410 g/mol. The molecule has 0 amide bonds. The van der Waals surface area contributed by atoms with E-state index in [1.54, 1.807) is 0 Å². The number of fused-ring (bicyclic) bond motifs is 6. The first-order valence-corrected chi connectivity index (χ1v) is 10.9. The highest BCUT2D eigenvalue weighted by Crippen LogP contribution is 2.36. The van der Waals surface area contributed by atoms with Crippen molar-refractivity contribution < 1.29 is 4.42 Å². The maximum atomic E-state index is 6.01. The van der Waals surface area contributed by atoms with Gasteiger partial charge in [-0.3, -0.25) is 0 Å². The lowest BCUT2D eigenvalue weighted by Gasteiger charge is -2.11. The summed E-state index contributed by atoms with van der Waals surface area (Å²) >= 11 is 0. The number of para-hydroxylation sites is 1. The first-order chi connectivity index (χ1) is 15.8. The van der Waals surface area contributed by atoms with Crippen molar-refractivity contribution in [2.45, 2.75) is 6.92 Å². The topological polar surface area (TPSA) is 13.1 Å². The van der Waals surface area contributed by atoms with Crippen molar-refractivity contribution >= 4 is 55.6 Å². The Hall–Kier alpha value is -4.10. The Labute approximate surface area is 186 Å². The Morgan fingerprint density at radius 2 is 1.38 bits per heavy atom. The molecule has 1 heteroatoms. The van der Waals surface area contributed by atoms with Crippen molar-refractivity contribution in [1.29, 1.82) is 0 Å². The van der Waals surface area contributed by atoms with Gasteiger partial charge in [0.2, 0.25) is 0 Å². The third-order valence-corrected chi connectivity index (χ3v) is 6.36. The molecule has 6 aromatic rings. The highest BCUT2D eigenvalue weighted by Gasteiger charge is 2.10. The van der Waals surface area contributed by atoms with E-state index in [4.69, 9.17) is 4.42 Å². The highest BCUT2D eigenvalue weighted by molar-refractivity contribution is 6.12. The van der Waals surface area contributed by atoms with Crippen molar-refractivity contribution in [2.75, 3.05) is 0 Å². The van der Waals surface area contributed by atoms with Crippen LogP contribution in [0.15, 0.2) is 102 Å². The predicted octanol–water partition coefficient (Wildman–Crippen LogP) is 9.24. The molecule has 0 radical (unpaired) electrons. The van der Waals surface area contributed by atoms with Crippen LogP contribution in [0, 0.1) is 0 Å². The molecular formula is C31H22O. The van der Waals surface area contributed by atoms with Crippen LogP contribution in [0.5, 0.6) is 0 Å². The second-order valence-corrected chi connectivity index (χ2v) is 8.18. The van der Waals surface area contributed by atoms with Gasteiger partial charge in [0.1, 0.15) is 11.2 Å². The SMILES string of the molecule is C=Cc1ccc2c(ccc3ccc(-c4ccc5oc6ccccc6c5c4)cc32)c1/C=C\C. The van der Waals surface area contributed by atoms with Crippen LogP contribution in [0.25, 0.3) is 66.8 Å². The van der Waals surface area contributed by atoms with E-state index in [1.165, 1.54) is 38.2 Å². The van der Waals surface area contributed by atoms with Gasteiger partial charge < -0.3 is 4.42 Å². The van der Waals surface area contributed by atoms with Gasteiger partial charge in [0, 0.05) is 10.8 Å². The quantitative estimate of drug-likeness (QED) is 0.265. The summed E-state index contributed by atoms with van der Waals surface area (Å²) in [6, 6.07) is 30.3. The summed E-state index contributed by atoms with van der Waals surface area (Å²) < 4.78 is 6.01. The van der Waals surface area contributed by atoms with Gasteiger partial charge in [-0.25, -0.2) is 0 Å². The van der Waals surface area contributed by atoms with Crippen LogP contribution >= 0.6 is 0 Å². The Morgan fingerprint density at radius 3 is 2.22 bits per heavy atom. The number of hydrogen-bond donors (Lipinski definition) is 0. The molecule has 1 heterocycles. The normalized spacial score (nSPS) is 11.9. The molecule has 0 spiro atoms. The van der Waals surface area contributed by atoms with Crippen LogP contribution in [-0.2, 0) is 0 Å². The summed E-state index contributed by atoms with van der Waals surface area (Å²) in [5.74, 6) is 0. The van der Waals surface area contributed by atoms with Crippen molar-refractivity contribution in [3.05, 3.63) is 109 Å². The molecule has 0 saturated carbocycles. The molecule has 1 nitrogen and oxygen atoms in total. The Kier molecular flexibility index (Phi) is 4.22. The van der Waals surface area contributed by atoms with E-state index in [-0.39, 0.29) is 0 Å². The fourth-order valence-corrected chi connectivity index (χ4v) is 4.79. The molecule has 32 heavy (non-hydrogen) atoms. The van der Waals surface area contributed by atoms with Crippen LogP contribution in [-0.4, -0.2) is 0 Å². The molecule has 0 aliphatic heterocycles. The zero-order valence-corrected chi connectivity index (χ0v) is 17.9. The molecule has 0 saturated heterocycles. The summed E-state index contributed by atoms with van der Waals surface area (Å²) in [6.45, 7) is 6.05. The molecule has 0 aliphatic carbocycles. The molecule has 0 N–H and O–H groups in total. The molecule has 152 valence electrons. The largest absolute Gasteiger partial charge is 0.456 e. The van der Waals surface area contributed by atoms with Crippen LogP contribution in [0.2, 0.25) is 0 Å². The van der Waals surface area contributed by atoms with E-state index in [0.29, 0.717) is 0 Å². The molecular weight excluding hydrogens is 388 g/mol. The molecule has 0 aliphatic rings. The van der Waals surface area contributed by atoms with Crippen LogP contribution < -0.4 is 0 Å². The second kappa shape index (κ2) is 7.25. The third kappa shape index (κ3) is 2.79. The van der Waals surface area contributed by atoms with E-state index < -0.39 is 0 Å². The molecule has 1 aromatic heterocycles. The van der Waals surface area contributed by atoms with Crippen LogP contribution in [0.4, 0.5) is 0 Å². The van der Waals surface area contributed by atoms with Gasteiger partial charge in [0.25, 0.3) is 0 Å². The maximum Gasteiger partial charge on any atom is 0.135 e. The van der Waals surface area contributed by atoms with E-state index in [2.05, 4.69) is 98.5 Å². The summed E-state index contributed by atoms with van der Waals surface area (Å²) in [5.41, 5.74) is 6.63. The minimum absolute atomic E-state index is 0.925. The molecule has 5 aromatic carbocycles. The zero-order valence-electron chi connectivity index (χ0n) is 17.9. The minimum Gasteiger partial charge on any atom is -0.456 e. The van der Waals surface area contributed by atoms with Crippen molar-refractivity contribution in [3.63, 3.8) is 0 Å². The van der Waals surface area contributed by atoms with Crippen LogP contribution in [0.1, 0.15) is 18.1 Å². The average molecular weight is 411 g/mol. The fourth-order valence-electron chi connectivity index (χ4n) is 4.79. The van der Waals surface area contributed by atoms with Gasteiger partial charge in [0.05, 0.1) is 0 Å². The van der Waals surface area contributed by atoms with E-state index in [1.807, 2.05) is 18.2 Å². The van der Waals surface area contributed by atoms with E-state index >= 15 is 0 Å². The van der Waals surface area contributed by atoms with Gasteiger partial charge in [0.15, 0.2) is 0 Å². The molecule has 0 fully saturated rings. The smallest absolute Gasteiger partial charge is 0.135 e. The lowest BCUT2D eigenvalue weighted by Crippen LogP contribution is -1.87. The lowest BCUT2D eigenvalue weighted by molar-refractivity contribution is 0.669. The van der Waals surface area contributed by atoms with Crippen molar-refractivity contribution in [1.82, 2.24) is 0 Å². The maximum absolute atomic E-state index is 6.01. The third-order valence-electron chi connectivity index (χ3n) is 6.36. The number of allylic oxidation sites excluding steroid dienone is 1. The second-order valence-electron chi connectivity index (χ2n) is 8.18. The average Bonchev–Trinajstić information content (AvgIpc) is 3.22. The first kappa shape index (κ1) is 18.7.